The fourth-order valence-electron chi connectivity index (χ4n) is 1.91. The fourth-order valence-corrected chi connectivity index (χ4v) is 1.91. The van der Waals surface area contributed by atoms with Gasteiger partial charge in [0.05, 0.1) is 0 Å². The number of carbonyl (C=O) groups is 1. The third-order valence-corrected chi connectivity index (χ3v) is 2.91. The Labute approximate surface area is 108 Å². The zero-order chi connectivity index (χ0) is 13.0. The maximum absolute atomic E-state index is 12.1. The van der Waals surface area contributed by atoms with Gasteiger partial charge in [-0.2, -0.15) is 4.57 Å². The molecule has 2 aromatic rings. The van der Waals surface area contributed by atoms with Crippen molar-refractivity contribution in [3.8, 4) is 0 Å². The Morgan fingerprint density at radius 1 is 1.06 bits per heavy atom. The number of nitrogens with zero attached hydrogens (tertiary/aromatic N) is 1. The van der Waals surface area contributed by atoms with E-state index in [2.05, 4.69) is 12.1 Å². The monoisotopic (exact) mass is 240 g/mol. The van der Waals surface area contributed by atoms with Crippen molar-refractivity contribution in [2.45, 2.75) is 20.4 Å². The van der Waals surface area contributed by atoms with Crippen molar-refractivity contribution >= 4 is 5.78 Å². The van der Waals surface area contributed by atoms with Crippen LogP contribution in [0.4, 0.5) is 0 Å². The van der Waals surface area contributed by atoms with E-state index in [1.165, 1.54) is 5.56 Å². The van der Waals surface area contributed by atoms with Crippen LogP contribution in [0.15, 0.2) is 54.7 Å². The first-order chi connectivity index (χ1) is 8.68. The Kier molecular flexibility index (Phi) is 3.88. The molecule has 0 aliphatic rings. The van der Waals surface area contributed by atoms with E-state index in [9.17, 15) is 4.79 Å². The summed E-state index contributed by atoms with van der Waals surface area (Å²) in [5.74, 6) is 0.209. The van der Waals surface area contributed by atoms with Gasteiger partial charge in [-0.3, -0.25) is 4.79 Å². The molecule has 1 heterocycles. The molecule has 18 heavy (non-hydrogen) atoms. The van der Waals surface area contributed by atoms with Gasteiger partial charge in [0.25, 0.3) is 0 Å². The zero-order valence-corrected chi connectivity index (χ0v) is 10.8. The van der Waals surface area contributed by atoms with Gasteiger partial charge in [-0.1, -0.05) is 44.2 Å². The van der Waals surface area contributed by atoms with E-state index in [0.29, 0.717) is 0 Å². The predicted molar refractivity (Wildman–Crippen MR) is 71.3 cm³/mol. The van der Waals surface area contributed by atoms with Crippen molar-refractivity contribution in [2.24, 2.45) is 5.92 Å². The molecule has 0 saturated heterocycles. The van der Waals surface area contributed by atoms with Crippen LogP contribution in [-0.2, 0) is 6.54 Å². The molecule has 0 atom stereocenters. The van der Waals surface area contributed by atoms with Crippen LogP contribution in [0.3, 0.4) is 0 Å². The van der Waals surface area contributed by atoms with E-state index in [1.807, 2.05) is 61.0 Å². The Hall–Kier alpha value is -1.96. The van der Waals surface area contributed by atoms with Gasteiger partial charge < -0.3 is 0 Å². The Morgan fingerprint density at radius 2 is 1.72 bits per heavy atom. The second-order valence-electron chi connectivity index (χ2n) is 4.72. The van der Waals surface area contributed by atoms with Crippen LogP contribution in [0.25, 0.3) is 0 Å². The molecule has 2 rings (SSSR count). The summed E-state index contributed by atoms with van der Waals surface area (Å²) < 4.78 is 2.01. The summed E-state index contributed by atoms with van der Waals surface area (Å²) >= 11 is 0. The molecule has 92 valence electrons. The standard InChI is InChI=1S/C16H18NO/c1-13(2)16(18)15-10-6-7-11-17(15)12-14-8-4-3-5-9-14/h3-11,13H,12H2,1-2H3/q+1. The van der Waals surface area contributed by atoms with Gasteiger partial charge in [0, 0.05) is 23.6 Å². The number of aromatic nitrogens is 1. The largest absolute Gasteiger partial charge is 0.287 e. The number of hydrogen-bond donors (Lipinski definition) is 0. The third kappa shape index (κ3) is 2.83. The molecule has 2 heteroatoms. The summed E-state index contributed by atoms with van der Waals surface area (Å²) in [5.41, 5.74) is 1.97. The number of carbonyl (C=O) groups excluding carboxylic acids is 1. The molecule has 0 saturated carbocycles. The normalized spacial score (nSPS) is 10.6. The molecule has 0 aliphatic heterocycles. The van der Waals surface area contributed by atoms with Crippen LogP contribution in [0.2, 0.25) is 0 Å². The number of rotatable bonds is 4. The molecule has 0 aliphatic carbocycles. The van der Waals surface area contributed by atoms with Crippen LogP contribution >= 0.6 is 0 Å². The van der Waals surface area contributed by atoms with Crippen LogP contribution in [0.5, 0.6) is 0 Å². The van der Waals surface area contributed by atoms with Crippen LogP contribution in [-0.4, -0.2) is 5.78 Å². The number of pyridine rings is 1. The fraction of sp³-hybridized carbons (Fsp3) is 0.250. The SMILES string of the molecule is CC(C)C(=O)c1cccc[n+]1Cc1ccccc1. The van der Waals surface area contributed by atoms with Gasteiger partial charge in [-0.05, 0) is 6.07 Å². The topological polar surface area (TPSA) is 20.9 Å². The van der Waals surface area contributed by atoms with E-state index < -0.39 is 0 Å². The molecular weight excluding hydrogens is 222 g/mol. The van der Waals surface area contributed by atoms with Crippen molar-refractivity contribution in [3.63, 3.8) is 0 Å². The maximum Gasteiger partial charge on any atom is 0.249 e. The smallest absolute Gasteiger partial charge is 0.249 e. The highest BCUT2D eigenvalue weighted by atomic mass is 16.1. The van der Waals surface area contributed by atoms with Crippen molar-refractivity contribution in [1.82, 2.24) is 0 Å². The highest BCUT2D eigenvalue weighted by Gasteiger charge is 2.21. The maximum atomic E-state index is 12.1. The molecule has 1 aromatic carbocycles. The minimum atomic E-state index is 0.0226. The van der Waals surface area contributed by atoms with E-state index in [4.69, 9.17) is 0 Å². The summed E-state index contributed by atoms with van der Waals surface area (Å²) in [7, 11) is 0. The number of benzene rings is 1. The minimum absolute atomic E-state index is 0.0226. The van der Waals surface area contributed by atoms with E-state index >= 15 is 0 Å². The van der Waals surface area contributed by atoms with Crippen LogP contribution in [0, 0.1) is 5.92 Å². The summed E-state index contributed by atoms with van der Waals surface area (Å²) in [4.78, 5) is 12.1. The average Bonchev–Trinajstić information content (AvgIpc) is 2.39. The van der Waals surface area contributed by atoms with Gasteiger partial charge in [0.2, 0.25) is 11.5 Å². The summed E-state index contributed by atoms with van der Waals surface area (Å²) in [6.07, 6.45) is 1.96. The van der Waals surface area contributed by atoms with Crippen LogP contribution < -0.4 is 4.57 Å². The van der Waals surface area contributed by atoms with Crippen molar-refractivity contribution in [2.75, 3.05) is 0 Å². The third-order valence-electron chi connectivity index (χ3n) is 2.91. The second kappa shape index (κ2) is 5.58. The molecule has 0 fully saturated rings. The Bertz CT molecular complexity index is 532. The number of ketones is 1. The molecular formula is C16H18NO+. The number of Topliss-reactive ketones (excluding diaryl/α,β-unsaturated/α-hetero) is 1. The minimum Gasteiger partial charge on any atom is -0.287 e. The summed E-state index contributed by atoms with van der Waals surface area (Å²) in [6.45, 7) is 4.60. The van der Waals surface area contributed by atoms with Crippen LogP contribution in [0.1, 0.15) is 29.9 Å². The second-order valence-corrected chi connectivity index (χ2v) is 4.72. The van der Waals surface area contributed by atoms with Gasteiger partial charge in [-0.25, -0.2) is 0 Å². The lowest BCUT2D eigenvalue weighted by atomic mass is 10.1. The first-order valence-corrected chi connectivity index (χ1v) is 6.25. The van der Waals surface area contributed by atoms with Crippen molar-refractivity contribution < 1.29 is 9.36 Å². The van der Waals surface area contributed by atoms with E-state index in [-0.39, 0.29) is 11.7 Å². The molecule has 0 radical (unpaired) electrons. The van der Waals surface area contributed by atoms with Gasteiger partial charge in [-0.15, -0.1) is 0 Å². The zero-order valence-electron chi connectivity index (χ0n) is 10.8. The number of hydrogen-bond acceptors (Lipinski definition) is 1. The van der Waals surface area contributed by atoms with Gasteiger partial charge in [0.1, 0.15) is 0 Å². The van der Waals surface area contributed by atoms with Crippen molar-refractivity contribution in [1.29, 1.82) is 0 Å². The molecule has 1 aromatic heterocycles. The van der Waals surface area contributed by atoms with Gasteiger partial charge >= 0.3 is 0 Å². The lowest BCUT2D eigenvalue weighted by molar-refractivity contribution is -0.690. The van der Waals surface area contributed by atoms with Gasteiger partial charge in [0.15, 0.2) is 12.7 Å². The van der Waals surface area contributed by atoms with Crippen molar-refractivity contribution in [3.05, 3.63) is 66.0 Å². The Morgan fingerprint density at radius 3 is 2.39 bits per heavy atom. The molecule has 0 unspecified atom stereocenters. The molecule has 0 bridgehead atoms. The highest BCUT2D eigenvalue weighted by molar-refractivity contribution is 5.94. The summed E-state index contributed by atoms with van der Waals surface area (Å²) in [5, 5.41) is 0. The Balaban J connectivity index is 2.31. The van der Waals surface area contributed by atoms with E-state index in [0.717, 1.165) is 12.2 Å². The molecule has 0 amide bonds. The highest BCUT2D eigenvalue weighted by Crippen LogP contribution is 2.05. The van der Waals surface area contributed by atoms with E-state index in [1.54, 1.807) is 0 Å². The molecule has 0 spiro atoms. The lowest BCUT2D eigenvalue weighted by Gasteiger charge is -2.05. The lowest BCUT2D eigenvalue weighted by Crippen LogP contribution is -2.41. The average molecular weight is 240 g/mol. The molecule has 2 nitrogen and oxygen atoms in total. The first-order valence-electron chi connectivity index (χ1n) is 6.25. The predicted octanol–water partition coefficient (Wildman–Crippen LogP) is 2.86. The molecule has 0 N–H and O–H groups in total. The quantitative estimate of drug-likeness (QED) is 0.594. The summed E-state index contributed by atoms with van der Waals surface area (Å²) in [6, 6.07) is 15.9. The first kappa shape index (κ1) is 12.5.